The Morgan fingerprint density at radius 2 is 1.71 bits per heavy atom. The first-order valence-corrected chi connectivity index (χ1v) is 6.71. The molecule has 1 aromatic carbocycles. The van der Waals surface area contributed by atoms with Crippen molar-refractivity contribution in [1.82, 2.24) is 15.2 Å². The van der Waals surface area contributed by atoms with E-state index in [-0.39, 0.29) is 6.04 Å². The van der Waals surface area contributed by atoms with E-state index in [4.69, 9.17) is 9.47 Å². The highest BCUT2D eigenvalue weighted by Crippen LogP contribution is 2.30. The fraction of sp³-hybridized carbons (Fsp3) is 0.400. The van der Waals surface area contributed by atoms with Gasteiger partial charge in [0.2, 0.25) is 5.95 Å². The average Bonchev–Trinajstić information content (AvgIpc) is 2.50. The highest BCUT2D eigenvalue weighted by atomic mass is 16.5. The predicted octanol–water partition coefficient (Wildman–Crippen LogP) is 2.68. The molecule has 1 atom stereocenters. The van der Waals surface area contributed by atoms with Gasteiger partial charge in [-0.05, 0) is 38.5 Å². The first-order chi connectivity index (χ1) is 10.0. The number of benzene rings is 1. The van der Waals surface area contributed by atoms with Gasteiger partial charge in [0.1, 0.15) is 0 Å². The minimum Gasteiger partial charge on any atom is -0.493 e. The van der Waals surface area contributed by atoms with Crippen molar-refractivity contribution in [3.8, 4) is 11.5 Å². The zero-order valence-electron chi connectivity index (χ0n) is 13.0. The molecule has 0 spiro atoms. The highest BCUT2D eigenvalue weighted by Gasteiger charge is 2.12. The molecule has 21 heavy (non-hydrogen) atoms. The molecule has 0 fully saturated rings. The van der Waals surface area contributed by atoms with Crippen LogP contribution < -0.4 is 14.8 Å². The summed E-state index contributed by atoms with van der Waals surface area (Å²) in [4.78, 5) is 4.37. The Balaban J connectivity index is 2.19. The molecule has 112 valence electrons. The molecule has 1 heterocycles. The van der Waals surface area contributed by atoms with Crippen LogP contribution in [-0.2, 0) is 0 Å². The molecule has 0 aliphatic heterocycles. The van der Waals surface area contributed by atoms with E-state index in [2.05, 4.69) is 20.5 Å². The third-order valence-electron chi connectivity index (χ3n) is 3.35. The molecule has 1 N–H and O–H groups in total. The minimum atomic E-state index is 0.0220. The molecule has 0 aliphatic carbocycles. The zero-order chi connectivity index (χ0) is 15.4. The Morgan fingerprint density at radius 3 is 2.33 bits per heavy atom. The van der Waals surface area contributed by atoms with E-state index in [1.54, 1.807) is 14.2 Å². The van der Waals surface area contributed by atoms with Crippen molar-refractivity contribution in [3.63, 3.8) is 0 Å². The topological polar surface area (TPSA) is 69.2 Å². The molecule has 2 aromatic rings. The molecular weight excluding hydrogens is 268 g/mol. The number of nitrogens with zero attached hydrogens (tertiary/aromatic N) is 3. The Bertz CT molecular complexity index is 631. The molecule has 0 saturated heterocycles. The number of rotatable bonds is 5. The fourth-order valence-electron chi connectivity index (χ4n) is 1.92. The van der Waals surface area contributed by atoms with Crippen molar-refractivity contribution in [3.05, 3.63) is 35.2 Å². The lowest BCUT2D eigenvalue weighted by Gasteiger charge is -2.16. The number of anilines is 1. The van der Waals surface area contributed by atoms with Crippen LogP contribution in [0.4, 0.5) is 5.95 Å². The molecule has 1 aromatic heterocycles. The van der Waals surface area contributed by atoms with Crippen LogP contribution in [0.1, 0.15) is 29.9 Å². The lowest BCUT2D eigenvalue weighted by atomic mass is 10.1. The maximum absolute atomic E-state index is 5.32. The van der Waals surface area contributed by atoms with Crippen molar-refractivity contribution in [2.75, 3.05) is 19.5 Å². The summed E-state index contributed by atoms with van der Waals surface area (Å²) in [6.45, 7) is 5.83. The van der Waals surface area contributed by atoms with Gasteiger partial charge in [-0.25, -0.2) is 4.98 Å². The summed E-state index contributed by atoms with van der Waals surface area (Å²) in [5.74, 6) is 1.92. The number of methoxy groups -OCH3 is 2. The van der Waals surface area contributed by atoms with Gasteiger partial charge in [-0.2, -0.15) is 5.10 Å². The van der Waals surface area contributed by atoms with Gasteiger partial charge in [0.25, 0.3) is 0 Å². The molecule has 6 nitrogen and oxygen atoms in total. The van der Waals surface area contributed by atoms with Gasteiger partial charge in [-0.15, -0.1) is 5.10 Å². The van der Waals surface area contributed by atoms with Gasteiger partial charge in [-0.3, -0.25) is 0 Å². The van der Waals surface area contributed by atoms with Gasteiger partial charge in [-0.1, -0.05) is 6.07 Å². The predicted molar refractivity (Wildman–Crippen MR) is 80.9 cm³/mol. The summed E-state index contributed by atoms with van der Waals surface area (Å²) in [6.07, 6.45) is 0. The molecular formula is C15H20N4O2. The lowest BCUT2D eigenvalue weighted by Crippen LogP contribution is -2.11. The fourth-order valence-corrected chi connectivity index (χ4v) is 1.92. The van der Waals surface area contributed by atoms with Crippen LogP contribution in [-0.4, -0.2) is 29.4 Å². The summed E-state index contributed by atoms with van der Waals surface area (Å²) in [5, 5.41) is 11.4. The molecule has 0 saturated carbocycles. The van der Waals surface area contributed by atoms with E-state index in [1.165, 1.54) is 0 Å². The number of hydrogen-bond donors (Lipinski definition) is 1. The van der Waals surface area contributed by atoms with Crippen LogP contribution in [0.3, 0.4) is 0 Å². The van der Waals surface area contributed by atoms with E-state index in [1.807, 2.05) is 39.0 Å². The van der Waals surface area contributed by atoms with Crippen LogP contribution in [0.25, 0.3) is 0 Å². The van der Waals surface area contributed by atoms with E-state index >= 15 is 0 Å². The smallest absolute Gasteiger partial charge is 0.243 e. The van der Waals surface area contributed by atoms with Crippen LogP contribution in [0.5, 0.6) is 11.5 Å². The molecule has 0 aliphatic rings. The molecule has 0 radical (unpaired) electrons. The minimum absolute atomic E-state index is 0.0220. The third kappa shape index (κ3) is 3.39. The SMILES string of the molecule is COc1ccc(C(C)Nc2nnc(C)c(C)n2)cc1OC. The first kappa shape index (κ1) is 15.0. The summed E-state index contributed by atoms with van der Waals surface area (Å²) in [5.41, 5.74) is 2.75. The summed E-state index contributed by atoms with van der Waals surface area (Å²) in [6, 6.07) is 5.82. The van der Waals surface area contributed by atoms with E-state index < -0.39 is 0 Å². The van der Waals surface area contributed by atoms with Crippen molar-refractivity contribution in [1.29, 1.82) is 0 Å². The van der Waals surface area contributed by atoms with Gasteiger partial charge < -0.3 is 14.8 Å². The van der Waals surface area contributed by atoms with Crippen LogP contribution >= 0.6 is 0 Å². The second-order valence-electron chi connectivity index (χ2n) is 4.79. The van der Waals surface area contributed by atoms with Gasteiger partial charge in [0, 0.05) is 0 Å². The Kier molecular flexibility index (Phi) is 4.57. The van der Waals surface area contributed by atoms with E-state index in [9.17, 15) is 0 Å². The van der Waals surface area contributed by atoms with Crippen molar-refractivity contribution in [2.24, 2.45) is 0 Å². The number of ether oxygens (including phenoxy) is 2. The number of nitrogens with one attached hydrogen (secondary N) is 1. The highest BCUT2D eigenvalue weighted by molar-refractivity contribution is 5.45. The molecule has 1 unspecified atom stereocenters. The summed E-state index contributed by atoms with van der Waals surface area (Å²) >= 11 is 0. The first-order valence-electron chi connectivity index (χ1n) is 6.71. The maximum atomic E-state index is 5.32. The van der Waals surface area contributed by atoms with Gasteiger partial charge in [0.05, 0.1) is 31.6 Å². The van der Waals surface area contributed by atoms with Crippen molar-refractivity contribution >= 4 is 5.95 Å². The Morgan fingerprint density at radius 1 is 1.00 bits per heavy atom. The van der Waals surface area contributed by atoms with Crippen molar-refractivity contribution < 1.29 is 9.47 Å². The normalized spacial score (nSPS) is 11.9. The molecule has 6 heteroatoms. The quantitative estimate of drug-likeness (QED) is 0.912. The number of aromatic nitrogens is 3. The van der Waals surface area contributed by atoms with E-state index in [0.717, 1.165) is 17.0 Å². The Hall–Kier alpha value is -2.37. The van der Waals surface area contributed by atoms with Gasteiger partial charge in [0.15, 0.2) is 11.5 Å². The van der Waals surface area contributed by atoms with Crippen LogP contribution in [0.15, 0.2) is 18.2 Å². The van der Waals surface area contributed by atoms with Crippen molar-refractivity contribution in [2.45, 2.75) is 26.8 Å². The second-order valence-corrected chi connectivity index (χ2v) is 4.79. The summed E-state index contributed by atoms with van der Waals surface area (Å²) in [7, 11) is 3.24. The van der Waals surface area contributed by atoms with Gasteiger partial charge >= 0.3 is 0 Å². The monoisotopic (exact) mass is 288 g/mol. The number of aryl methyl sites for hydroxylation is 2. The summed E-state index contributed by atoms with van der Waals surface area (Å²) < 4.78 is 10.6. The average molecular weight is 288 g/mol. The van der Waals surface area contributed by atoms with E-state index in [0.29, 0.717) is 17.4 Å². The molecule has 0 amide bonds. The third-order valence-corrected chi connectivity index (χ3v) is 3.35. The standard InChI is InChI=1S/C15H20N4O2/c1-9-10(2)18-19-15(16-9)17-11(3)12-6-7-13(20-4)14(8-12)21-5/h6-8,11H,1-5H3,(H,16,17,19). The maximum Gasteiger partial charge on any atom is 0.243 e. The molecule has 0 bridgehead atoms. The second kappa shape index (κ2) is 6.39. The Labute approximate surface area is 124 Å². The van der Waals surface area contributed by atoms with Crippen LogP contribution in [0, 0.1) is 13.8 Å². The molecule has 2 rings (SSSR count). The largest absolute Gasteiger partial charge is 0.493 e. The zero-order valence-corrected chi connectivity index (χ0v) is 13.0. The van der Waals surface area contributed by atoms with Crippen LogP contribution in [0.2, 0.25) is 0 Å². The lowest BCUT2D eigenvalue weighted by molar-refractivity contribution is 0.354. The number of hydrogen-bond acceptors (Lipinski definition) is 6.